The minimum Gasteiger partial charge on any atom is -0.407 e. The van der Waals surface area contributed by atoms with Crippen LogP contribution in [-0.2, 0) is 0 Å². The smallest absolute Gasteiger partial charge is 0.407 e. The Hall–Kier alpha value is -2.01. The summed E-state index contributed by atoms with van der Waals surface area (Å²) in [5, 5.41) is 1.14. The minimum atomic E-state index is -0.650. The fourth-order valence-corrected chi connectivity index (χ4v) is 1.85. The predicted molar refractivity (Wildman–Crippen MR) is 60.0 cm³/mol. The fourth-order valence-electron chi connectivity index (χ4n) is 1.68. The molecule has 3 rings (SSSR count). The first-order chi connectivity index (χ1) is 7.65. The Bertz CT molecular complexity index is 812. The topological polar surface area (TPSA) is 78.9 Å². The molecule has 0 aliphatic heterocycles. The molecule has 80 valence electrons. The zero-order valence-corrected chi connectivity index (χ0v) is 8.59. The van der Waals surface area contributed by atoms with Crippen LogP contribution < -0.4 is 11.3 Å². The number of halogens is 1. The van der Waals surface area contributed by atoms with E-state index in [9.17, 15) is 9.59 Å². The average molecular weight is 237 g/mol. The minimum absolute atomic E-state index is 0.139. The molecule has 0 aliphatic rings. The summed E-state index contributed by atoms with van der Waals surface area (Å²) < 4.78 is 4.93. The number of hydrogen-bond acceptors (Lipinski definition) is 3. The van der Waals surface area contributed by atoms with Crippen LogP contribution in [0.5, 0.6) is 0 Å². The van der Waals surface area contributed by atoms with E-state index < -0.39 is 11.3 Å². The molecule has 0 radical (unpaired) electrons. The number of hydrogen-bond donors (Lipinski definition) is 2. The van der Waals surface area contributed by atoms with Crippen molar-refractivity contribution < 1.29 is 4.42 Å². The molecule has 0 saturated heterocycles. The second-order valence-corrected chi connectivity index (χ2v) is 3.80. The highest BCUT2D eigenvalue weighted by atomic mass is 35.5. The number of pyridine rings is 1. The first-order valence-electron chi connectivity index (χ1n) is 4.49. The lowest BCUT2D eigenvalue weighted by Gasteiger charge is -1.97. The van der Waals surface area contributed by atoms with Gasteiger partial charge in [0.1, 0.15) is 0 Å². The molecule has 3 aromatic rings. The van der Waals surface area contributed by atoms with Crippen molar-refractivity contribution in [1.29, 1.82) is 0 Å². The van der Waals surface area contributed by atoms with Crippen molar-refractivity contribution in [2.45, 2.75) is 0 Å². The third-order valence-electron chi connectivity index (χ3n) is 2.35. The monoisotopic (exact) mass is 236 g/mol. The zero-order valence-electron chi connectivity index (χ0n) is 7.83. The maximum atomic E-state index is 11.6. The molecular formula is C10H5ClN2O3. The van der Waals surface area contributed by atoms with E-state index in [0.717, 1.165) is 0 Å². The molecule has 0 atom stereocenters. The number of rotatable bonds is 0. The zero-order chi connectivity index (χ0) is 11.3. The molecule has 6 heteroatoms. The summed E-state index contributed by atoms with van der Waals surface area (Å²) in [6.07, 6.45) is 0. The first-order valence-corrected chi connectivity index (χ1v) is 4.87. The van der Waals surface area contributed by atoms with Crippen LogP contribution in [0.15, 0.2) is 32.2 Å². The highest BCUT2D eigenvalue weighted by Crippen LogP contribution is 2.21. The number of nitrogens with one attached hydrogen (secondary N) is 2. The van der Waals surface area contributed by atoms with Crippen LogP contribution in [0.2, 0.25) is 5.02 Å². The molecule has 0 aliphatic carbocycles. The highest BCUT2D eigenvalue weighted by Gasteiger charge is 2.10. The fraction of sp³-hybridized carbons (Fsp3) is 0. The van der Waals surface area contributed by atoms with Gasteiger partial charge < -0.3 is 9.40 Å². The molecule has 0 saturated carbocycles. The number of aromatic nitrogens is 2. The number of oxazole rings is 1. The molecule has 0 amide bonds. The van der Waals surface area contributed by atoms with Crippen LogP contribution in [-0.4, -0.2) is 9.97 Å². The molecule has 2 N–H and O–H groups in total. The van der Waals surface area contributed by atoms with Crippen LogP contribution in [0.1, 0.15) is 0 Å². The van der Waals surface area contributed by atoms with E-state index in [0.29, 0.717) is 15.9 Å². The molecule has 2 heterocycles. The van der Waals surface area contributed by atoms with Crippen molar-refractivity contribution in [3.05, 3.63) is 44.1 Å². The van der Waals surface area contributed by atoms with Crippen molar-refractivity contribution in [2.75, 3.05) is 0 Å². The summed E-state index contributed by atoms with van der Waals surface area (Å²) in [5.74, 6) is -0.650. The maximum Gasteiger partial charge on any atom is 0.417 e. The molecule has 2 aromatic heterocycles. The van der Waals surface area contributed by atoms with Gasteiger partial charge in [0.25, 0.3) is 5.56 Å². The van der Waals surface area contributed by atoms with E-state index in [1.807, 2.05) is 0 Å². The lowest BCUT2D eigenvalue weighted by Crippen LogP contribution is -2.07. The third-order valence-corrected chi connectivity index (χ3v) is 2.59. The number of benzene rings is 1. The van der Waals surface area contributed by atoms with E-state index in [1.165, 1.54) is 0 Å². The molecular weight excluding hydrogens is 232 g/mol. The van der Waals surface area contributed by atoms with Crippen molar-refractivity contribution in [3.8, 4) is 0 Å². The van der Waals surface area contributed by atoms with Gasteiger partial charge in [0.15, 0.2) is 11.1 Å². The molecule has 16 heavy (non-hydrogen) atoms. The summed E-state index contributed by atoms with van der Waals surface area (Å²) in [7, 11) is 0. The van der Waals surface area contributed by atoms with E-state index in [-0.39, 0.29) is 11.1 Å². The Labute approximate surface area is 92.7 Å². The van der Waals surface area contributed by atoms with Gasteiger partial charge in [-0.25, -0.2) is 4.79 Å². The first kappa shape index (κ1) is 9.23. The van der Waals surface area contributed by atoms with E-state index in [1.54, 1.807) is 18.2 Å². The van der Waals surface area contributed by atoms with E-state index in [2.05, 4.69) is 9.97 Å². The summed E-state index contributed by atoms with van der Waals surface area (Å²) >= 11 is 5.81. The SMILES string of the molecule is O=c1[nH]c2c(=O)[nH]c3cc(Cl)ccc3c2o1. The predicted octanol–water partition coefficient (Wildman–Crippen LogP) is 1.62. The molecule has 1 aromatic carbocycles. The molecule has 0 spiro atoms. The summed E-state index contributed by atoms with van der Waals surface area (Å²) in [6.45, 7) is 0. The molecule has 0 unspecified atom stereocenters. The number of H-pyrrole nitrogens is 2. The maximum absolute atomic E-state index is 11.6. The lowest BCUT2D eigenvalue weighted by atomic mass is 10.2. The summed E-state index contributed by atoms with van der Waals surface area (Å²) in [6, 6.07) is 4.95. The van der Waals surface area contributed by atoms with Gasteiger partial charge in [0, 0.05) is 10.4 Å². The van der Waals surface area contributed by atoms with Gasteiger partial charge in [-0.15, -0.1) is 0 Å². The van der Waals surface area contributed by atoms with Gasteiger partial charge >= 0.3 is 5.76 Å². The molecule has 0 fully saturated rings. The number of aromatic amines is 2. The average Bonchev–Trinajstić information content (AvgIpc) is 2.60. The normalized spacial score (nSPS) is 11.3. The van der Waals surface area contributed by atoms with Crippen LogP contribution in [0.3, 0.4) is 0 Å². The van der Waals surface area contributed by atoms with Gasteiger partial charge in [-0.2, -0.15) is 0 Å². The molecule has 5 nitrogen and oxygen atoms in total. The van der Waals surface area contributed by atoms with Crippen molar-refractivity contribution >= 4 is 33.6 Å². The van der Waals surface area contributed by atoms with Gasteiger partial charge in [-0.1, -0.05) is 11.6 Å². The Morgan fingerprint density at radius 2 is 2.00 bits per heavy atom. The van der Waals surface area contributed by atoms with Gasteiger partial charge in [-0.05, 0) is 18.2 Å². The van der Waals surface area contributed by atoms with Crippen LogP contribution in [0, 0.1) is 0 Å². The van der Waals surface area contributed by atoms with Crippen LogP contribution in [0.4, 0.5) is 0 Å². The Kier molecular flexibility index (Phi) is 1.73. The number of fused-ring (bicyclic) bond motifs is 3. The highest BCUT2D eigenvalue weighted by molar-refractivity contribution is 6.31. The van der Waals surface area contributed by atoms with Crippen LogP contribution >= 0.6 is 11.6 Å². The van der Waals surface area contributed by atoms with Crippen molar-refractivity contribution in [3.63, 3.8) is 0 Å². The summed E-state index contributed by atoms with van der Waals surface area (Å²) in [4.78, 5) is 27.6. The Balaban J connectivity index is 2.68. The van der Waals surface area contributed by atoms with Crippen LogP contribution in [0.25, 0.3) is 22.0 Å². The van der Waals surface area contributed by atoms with E-state index >= 15 is 0 Å². The second kappa shape index (κ2) is 2.99. The second-order valence-electron chi connectivity index (χ2n) is 3.36. The van der Waals surface area contributed by atoms with Gasteiger partial charge in [0.2, 0.25) is 0 Å². The van der Waals surface area contributed by atoms with Gasteiger partial charge in [0.05, 0.1) is 5.52 Å². The van der Waals surface area contributed by atoms with E-state index in [4.69, 9.17) is 16.0 Å². The Morgan fingerprint density at radius 3 is 2.81 bits per heavy atom. The molecule has 0 bridgehead atoms. The Morgan fingerprint density at radius 1 is 1.19 bits per heavy atom. The third kappa shape index (κ3) is 1.18. The van der Waals surface area contributed by atoms with Gasteiger partial charge in [-0.3, -0.25) is 9.78 Å². The lowest BCUT2D eigenvalue weighted by molar-refractivity contribution is 0.558. The quantitative estimate of drug-likeness (QED) is 0.622. The van der Waals surface area contributed by atoms with Crippen molar-refractivity contribution in [2.24, 2.45) is 0 Å². The summed E-state index contributed by atoms with van der Waals surface area (Å²) in [5.41, 5.74) is 0.517. The van der Waals surface area contributed by atoms with Crippen molar-refractivity contribution in [1.82, 2.24) is 9.97 Å². The standard InChI is InChI=1S/C10H5ClN2O3/c11-4-1-2-5-6(3-4)12-9(14)7-8(5)16-10(15)13-7/h1-3H,(H,12,14)(H,13,15). The largest absolute Gasteiger partial charge is 0.417 e.